The molecule has 0 fully saturated rings. The lowest BCUT2D eigenvalue weighted by Crippen LogP contribution is -2.38. The van der Waals surface area contributed by atoms with Crippen LogP contribution in [-0.4, -0.2) is 44.5 Å². The van der Waals surface area contributed by atoms with Crippen molar-refractivity contribution < 1.29 is 18.0 Å². The Kier molecular flexibility index (Phi) is 10.2. The van der Waals surface area contributed by atoms with E-state index in [2.05, 4.69) is 27.9 Å². The number of aryl methyl sites for hydroxylation is 3. The summed E-state index contributed by atoms with van der Waals surface area (Å²) >= 11 is 0. The van der Waals surface area contributed by atoms with Gasteiger partial charge in [-0.2, -0.15) is 0 Å². The highest BCUT2D eigenvalue weighted by Crippen LogP contribution is 2.24. The van der Waals surface area contributed by atoms with Crippen LogP contribution in [0.2, 0.25) is 0 Å². The molecule has 11 nitrogen and oxygen atoms in total. The Morgan fingerprint density at radius 3 is 2.54 bits per heavy atom. The molecule has 1 aromatic heterocycles. The number of benzene rings is 2. The van der Waals surface area contributed by atoms with Crippen molar-refractivity contribution in [2.24, 2.45) is 10.7 Å². The molecular weight excluding hydrogens is 520 g/mol. The summed E-state index contributed by atoms with van der Waals surface area (Å²) in [7, 11) is -4.19. The van der Waals surface area contributed by atoms with E-state index in [1.54, 1.807) is 26.0 Å². The van der Waals surface area contributed by atoms with Crippen molar-refractivity contribution in [3.63, 3.8) is 0 Å². The number of nitrogens with one attached hydrogen (secondary N) is 2. The molecule has 0 radical (unpaired) electrons. The number of hydroxylamine groups is 1. The minimum absolute atomic E-state index is 0.0465. The van der Waals surface area contributed by atoms with Crippen molar-refractivity contribution in [3.05, 3.63) is 87.8 Å². The summed E-state index contributed by atoms with van der Waals surface area (Å²) in [4.78, 5) is 34.4. The van der Waals surface area contributed by atoms with E-state index in [0.29, 0.717) is 17.8 Å². The van der Waals surface area contributed by atoms with Crippen LogP contribution in [0.3, 0.4) is 0 Å². The Hall–Kier alpha value is -4.16. The van der Waals surface area contributed by atoms with Crippen molar-refractivity contribution >= 4 is 27.4 Å². The number of hydrogen-bond donors (Lipinski definition) is 4. The fraction of sp³-hybridized carbons (Fsp3) is 0.296. The molecule has 0 saturated carbocycles. The second-order valence-corrected chi connectivity index (χ2v) is 10.8. The maximum absolute atomic E-state index is 13.2. The number of guanidine groups is 1. The van der Waals surface area contributed by atoms with Crippen LogP contribution >= 0.6 is 0 Å². The molecule has 0 aliphatic heterocycles. The van der Waals surface area contributed by atoms with Gasteiger partial charge < -0.3 is 21.4 Å². The zero-order valence-corrected chi connectivity index (χ0v) is 22.8. The zero-order chi connectivity index (χ0) is 28.4. The molecule has 208 valence electrons. The van der Waals surface area contributed by atoms with Gasteiger partial charge in [0.05, 0.1) is 17.2 Å². The number of sulfone groups is 1. The molecular formula is C27H34N6O5S. The lowest BCUT2D eigenvalue weighted by molar-refractivity contribution is -0.122. The number of amides is 1. The number of rotatable bonds is 12. The molecule has 0 saturated heterocycles. The van der Waals surface area contributed by atoms with Gasteiger partial charge in [0.1, 0.15) is 6.54 Å². The number of aliphatic imine (C=N–C) groups is 1. The second kappa shape index (κ2) is 13.6. The van der Waals surface area contributed by atoms with Crippen LogP contribution in [0.4, 0.5) is 5.69 Å². The molecule has 0 aliphatic rings. The number of aromatic nitrogens is 1. The molecule has 0 spiro atoms. The fourth-order valence-electron chi connectivity index (χ4n) is 3.87. The van der Waals surface area contributed by atoms with E-state index in [4.69, 9.17) is 16.3 Å². The molecule has 0 unspecified atom stereocenters. The van der Waals surface area contributed by atoms with Gasteiger partial charge in [0.15, 0.2) is 4.90 Å². The average Bonchev–Trinajstić information content (AvgIpc) is 2.89. The van der Waals surface area contributed by atoms with Crippen LogP contribution < -0.4 is 27.8 Å². The fourth-order valence-corrected chi connectivity index (χ4v) is 5.41. The number of carbonyl (C=O) groups is 1. The van der Waals surface area contributed by atoms with E-state index in [1.807, 2.05) is 18.2 Å². The van der Waals surface area contributed by atoms with Gasteiger partial charge >= 0.3 is 0 Å². The number of nitrogen functional groups attached to an aromatic ring is 1. The van der Waals surface area contributed by atoms with Crippen molar-refractivity contribution in [2.75, 3.05) is 25.4 Å². The molecule has 3 aromatic rings. The SMILES string of the molecule is Cc1cccc(S(=O)(=O)c2c(N)cc(C)n(CC(=O)NCCONC(N)=NCCCc3ccccc3)c2=O)c1. The number of pyridine rings is 1. The third kappa shape index (κ3) is 8.16. The first-order valence-electron chi connectivity index (χ1n) is 12.4. The van der Waals surface area contributed by atoms with Gasteiger partial charge in [-0.25, -0.2) is 13.9 Å². The summed E-state index contributed by atoms with van der Waals surface area (Å²) in [6, 6.07) is 17.6. The Labute approximate surface area is 227 Å². The van der Waals surface area contributed by atoms with E-state index < -0.39 is 26.2 Å². The van der Waals surface area contributed by atoms with Crippen molar-refractivity contribution in [3.8, 4) is 0 Å². The lowest BCUT2D eigenvalue weighted by Gasteiger charge is -2.15. The summed E-state index contributed by atoms with van der Waals surface area (Å²) < 4.78 is 27.5. The number of anilines is 1. The normalized spacial score (nSPS) is 11.8. The standard InChI is InChI=1S/C27H34N6O5S/c1-19-8-6-12-22(16-19)39(36,37)25-23(28)17-20(2)33(26(25)35)18-24(34)30-14-15-38-32-27(29)31-13-7-11-21-9-4-3-5-10-21/h3-6,8-10,12,16-17H,7,11,13-15,18,28H2,1-2H3,(H,30,34)(H3,29,31,32). The highest BCUT2D eigenvalue weighted by molar-refractivity contribution is 7.91. The first-order valence-corrected chi connectivity index (χ1v) is 13.9. The highest BCUT2D eigenvalue weighted by atomic mass is 32.2. The monoisotopic (exact) mass is 554 g/mol. The van der Waals surface area contributed by atoms with Gasteiger partial charge in [0, 0.05) is 18.8 Å². The van der Waals surface area contributed by atoms with Crippen LogP contribution in [0.25, 0.3) is 0 Å². The molecule has 12 heteroatoms. The number of carbonyl (C=O) groups excluding carboxylic acids is 1. The summed E-state index contributed by atoms with van der Waals surface area (Å²) in [6.07, 6.45) is 1.72. The van der Waals surface area contributed by atoms with Crippen molar-refractivity contribution in [1.29, 1.82) is 0 Å². The van der Waals surface area contributed by atoms with Crippen molar-refractivity contribution in [2.45, 2.75) is 43.0 Å². The van der Waals surface area contributed by atoms with Gasteiger partial charge in [0.2, 0.25) is 21.7 Å². The molecule has 0 aliphatic carbocycles. The minimum Gasteiger partial charge on any atom is -0.397 e. The van der Waals surface area contributed by atoms with E-state index in [0.717, 1.165) is 17.4 Å². The predicted octanol–water partition coefficient (Wildman–Crippen LogP) is 1.47. The largest absolute Gasteiger partial charge is 0.397 e. The molecule has 0 atom stereocenters. The number of nitrogens with zero attached hydrogens (tertiary/aromatic N) is 2. The predicted molar refractivity (Wildman–Crippen MR) is 150 cm³/mol. The van der Waals surface area contributed by atoms with Gasteiger partial charge in [0.25, 0.3) is 5.56 Å². The zero-order valence-electron chi connectivity index (χ0n) is 22.0. The molecule has 1 amide bonds. The quantitative estimate of drug-likeness (QED) is 0.113. The third-order valence-electron chi connectivity index (χ3n) is 5.81. The second-order valence-electron chi connectivity index (χ2n) is 8.94. The van der Waals surface area contributed by atoms with Crippen LogP contribution in [-0.2, 0) is 32.4 Å². The van der Waals surface area contributed by atoms with Crippen LogP contribution in [0.5, 0.6) is 0 Å². The molecule has 39 heavy (non-hydrogen) atoms. The molecule has 2 aromatic carbocycles. The summed E-state index contributed by atoms with van der Waals surface area (Å²) in [5, 5.41) is 2.62. The van der Waals surface area contributed by atoms with Gasteiger partial charge in [-0.1, -0.05) is 42.5 Å². The van der Waals surface area contributed by atoms with E-state index >= 15 is 0 Å². The topological polar surface area (TPSA) is 171 Å². The maximum atomic E-state index is 13.2. The number of hydrogen-bond acceptors (Lipinski definition) is 7. The highest BCUT2D eigenvalue weighted by Gasteiger charge is 2.27. The lowest BCUT2D eigenvalue weighted by atomic mass is 10.1. The first-order chi connectivity index (χ1) is 18.6. The van der Waals surface area contributed by atoms with Crippen molar-refractivity contribution in [1.82, 2.24) is 15.4 Å². The first kappa shape index (κ1) is 29.4. The smallest absolute Gasteiger partial charge is 0.272 e. The Bertz CT molecular complexity index is 1490. The Balaban J connectivity index is 1.50. The van der Waals surface area contributed by atoms with Gasteiger partial charge in [-0.3, -0.25) is 19.4 Å². The Morgan fingerprint density at radius 1 is 1.08 bits per heavy atom. The molecule has 0 bridgehead atoms. The minimum atomic E-state index is -4.19. The number of nitrogens with two attached hydrogens (primary N) is 2. The molecule has 1 heterocycles. The van der Waals surface area contributed by atoms with Crippen LogP contribution in [0, 0.1) is 13.8 Å². The molecule has 3 rings (SSSR count). The van der Waals surface area contributed by atoms with E-state index in [9.17, 15) is 18.0 Å². The van der Waals surface area contributed by atoms with Crippen LogP contribution in [0.1, 0.15) is 23.2 Å². The third-order valence-corrected chi connectivity index (χ3v) is 7.64. The maximum Gasteiger partial charge on any atom is 0.272 e. The Morgan fingerprint density at radius 2 is 1.82 bits per heavy atom. The van der Waals surface area contributed by atoms with Crippen LogP contribution in [0.15, 0.2) is 80.2 Å². The summed E-state index contributed by atoms with van der Waals surface area (Å²) in [6.45, 7) is 3.65. The van der Waals surface area contributed by atoms with E-state index in [1.165, 1.54) is 23.8 Å². The summed E-state index contributed by atoms with van der Waals surface area (Å²) in [5.74, 6) is -0.379. The van der Waals surface area contributed by atoms with E-state index in [-0.39, 0.29) is 36.2 Å². The van der Waals surface area contributed by atoms with Gasteiger partial charge in [-0.05, 0) is 56.0 Å². The molecule has 6 N–H and O–H groups in total. The van der Waals surface area contributed by atoms with Gasteiger partial charge in [-0.15, -0.1) is 0 Å². The summed E-state index contributed by atoms with van der Waals surface area (Å²) in [5.41, 5.74) is 15.5. The average molecular weight is 555 g/mol.